The molecule has 1 aromatic heterocycles. The van der Waals surface area contributed by atoms with Crippen LogP contribution >= 0.6 is 11.8 Å². The summed E-state index contributed by atoms with van der Waals surface area (Å²) in [5.41, 5.74) is 7.42. The van der Waals surface area contributed by atoms with E-state index >= 15 is 0 Å². The van der Waals surface area contributed by atoms with Gasteiger partial charge in [-0.2, -0.15) is 0 Å². The highest BCUT2D eigenvalue weighted by Gasteiger charge is 2.17. The average Bonchev–Trinajstić information content (AvgIpc) is 3.23. The maximum atomic E-state index is 12.8. The molecule has 0 aliphatic rings. The van der Waals surface area contributed by atoms with Gasteiger partial charge < -0.3 is 10.1 Å². The van der Waals surface area contributed by atoms with Gasteiger partial charge in [0.2, 0.25) is 5.91 Å². The number of carbonyl (C=O) groups is 1. The summed E-state index contributed by atoms with van der Waals surface area (Å²) in [6, 6.07) is 20.2. The van der Waals surface area contributed by atoms with Crippen molar-refractivity contribution in [1.29, 1.82) is 0 Å². The first-order valence-corrected chi connectivity index (χ1v) is 12.5. The molecule has 6 nitrogen and oxygen atoms in total. The quantitative estimate of drug-likeness (QED) is 0.304. The lowest BCUT2D eigenvalue weighted by Crippen LogP contribution is -2.16. The molecule has 0 fully saturated rings. The van der Waals surface area contributed by atoms with Gasteiger partial charge in [-0.15, -0.1) is 10.2 Å². The van der Waals surface area contributed by atoms with Crippen LogP contribution < -0.4 is 10.1 Å². The number of hydrogen-bond donors (Lipinski definition) is 1. The lowest BCUT2D eigenvalue weighted by molar-refractivity contribution is -0.113. The lowest BCUT2D eigenvalue weighted by Gasteiger charge is -2.13. The van der Waals surface area contributed by atoms with Crippen molar-refractivity contribution in [3.63, 3.8) is 0 Å². The number of rotatable bonds is 8. The van der Waals surface area contributed by atoms with Crippen LogP contribution in [0.4, 0.5) is 5.69 Å². The Labute approximate surface area is 210 Å². The van der Waals surface area contributed by atoms with Crippen molar-refractivity contribution in [2.24, 2.45) is 0 Å². The highest BCUT2D eigenvalue weighted by atomic mass is 32.2. The Morgan fingerprint density at radius 2 is 1.46 bits per heavy atom. The number of thioether (sulfide) groups is 1. The zero-order chi connectivity index (χ0) is 24.9. The number of amides is 1. The van der Waals surface area contributed by atoms with E-state index in [1.807, 2.05) is 80.8 Å². The predicted octanol–water partition coefficient (Wildman–Crippen LogP) is 6.12. The van der Waals surface area contributed by atoms with E-state index in [4.69, 9.17) is 4.74 Å². The number of nitrogens with one attached hydrogen (secondary N) is 1. The molecule has 4 rings (SSSR count). The molecular formula is C28H30N4O2S. The monoisotopic (exact) mass is 486 g/mol. The van der Waals surface area contributed by atoms with E-state index in [-0.39, 0.29) is 18.3 Å². The second-order valence-corrected chi connectivity index (χ2v) is 9.72. The van der Waals surface area contributed by atoms with Crippen LogP contribution in [0.15, 0.2) is 65.8 Å². The lowest BCUT2D eigenvalue weighted by atomic mass is 10.1. The Morgan fingerprint density at radius 1 is 0.857 bits per heavy atom. The molecule has 1 heterocycles. The van der Waals surface area contributed by atoms with Gasteiger partial charge in [-0.1, -0.05) is 64.9 Å². The van der Waals surface area contributed by atoms with Gasteiger partial charge in [-0.3, -0.25) is 9.36 Å². The number of aryl methyl sites for hydroxylation is 5. The largest absolute Gasteiger partial charge is 0.486 e. The van der Waals surface area contributed by atoms with Gasteiger partial charge in [0.25, 0.3) is 0 Å². The number of carbonyl (C=O) groups excluding carboxylic acids is 1. The molecular weight excluding hydrogens is 456 g/mol. The van der Waals surface area contributed by atoms with Gasteiger partial charge in [0.05, 0.1) is 5.75 Å². The van der Waals surface area contributed by atoms with E-state index in [2.05, 4.69) is 34.6 Å². The SMILES string of the molecule is Cc1ccc(OCc2nnc(SCC(=O)Nc3c(C)cc(C)cc3C)n2-c2ccc(C)cc2)cc1. The van der Waals surface area contributed by atoms with E-state index < -0.39 is 0 Å². The Bertz CT molecular complexity index is 1310. The maximum absolute atomic E-state index is 12.8. The summed E-state index contributed by atoms with van der Waals surface area (Å²) in [6.45, 7) is 10.4. The highest BCUT2D eigenvalue weighted by molar-refractivity contribution is 7.99. The zero-order valence-corrected chi connectivity index (χ0v) is 21.6. The smallest absolute Gasteiger partial charge is 0.234 e. The predicted molar refractivity (Wildman–Crippen MR) is 142 cm³/mol. The molecule has 35 heavy (non-hydrogen) atoms. The first-order chi connectivity index (χ1) is 16.8. The van der Waals surface area contributed by atoms with Crippen molar-refractivity contribution in [2.75, 3.05) is 11.1 Å². The van der Waals surface area contributed by atoms with Crippen molar-refractivity contribution < 1.29 is 9.53 Å². The number of nitrogens with zero attached hydrogens (tertiary/aromatic N) is 3. The molecule has 3 aromatic carbocycles. The van der Waals surface area contributed by atoms with Crippen LogP contribution in [0.25, 0.3) is 5.69 Å². The molecule has 1 amide bonds. The zero-order valence-electron chi connectivity index (χ0n) is 20.8. The van der Waals surface area contributed by atoms with Crippen molar-refractivity contribution in [1.82, 2.24) is 14.8 Å². The van der Waals surface area contributed by atoms with Crippen LogP contribution in [0.5, 0.6) is 5.75 Å². The van der Waals surface area contributed by atoms with Crippen LogP contribution in [0.1, 0.15) is 33.6 Å². The standard InChI is InChI=1S/C28H30N4O2S/c1-18-6-10-23(11-7-18)32-25(16-34-24-12-8-19(2)9-13-24)30-31-28(32)35-17-26(33)29-27-21(4)14-20(3)15-22(27)5/h6-15H,16-17H2,1-5H3,(H,29,33). The number of ether oxygens (including phenoxy) is 1. The van der Waals surface area contributed by atoms with E-state index in [1.165, 1.54) is 22.9 Å². The molecule has 0 radical (unpaired) electrons. The first-order valence-electron chi connectivity index (χ1n) is 11.5. The molecule has 1 N–H and O–H groups in total. The van der Waals surface area contributed by atoms with Crippen molar-refractivity contribution in [2.45, 2.75) is 46.4 Å². The number of benzene rings is 3. The Morgan fingerprint density at radius 3 is 2.09 bits per heavy atom. The van der Waals surface area contributed by atoms with E-state index in [0.29, 0.717) is 11.0 Å². The summed E-state index contributed by atoms with van der Waals surface area (Å²) in [5, 5.41) is 12.5. The van der Waals surface area contributed by atoms with Gasteiger partial charge in [0, 0.05) is 11.4 Å². The van der Waals surface area contributed by atoms with Crippen molar-refractivity contribution >= 4 is 23.4 Å². The van der Waals surface area contributed by atoms with Crippen LogP contribution in [-0.2, 0) is 11.4 Å². The summed E-state index contributed by atoms with van der Waals surface area (Å²) >= 11 is 1.35. The Hall–Kier alpha value is -3.58. The fourth-order valence-corrected chi connectivity index (χ4v) is 4.68. The van der Waals surface area contributed by atoms with Gasteiger partial charge in [0.1, 0.15) is 12.4 Å². The maximum Gasteiger partial charge on any atom is 0.234 e. The summed E-state index contributed by atoms with van der Waals surface area (Å²) < 4.78 is 7.93. The van der Waals surface area contributed by atoms with Crippen molar-refractivity contribution in [3.05, 3.63) is 94.3 Å². The van der Waals surface area contributed by atoms with Crippen LogP contribution in [0, 0.1) is 34.6 Å². The number of anilines is 1. The third-order valence-electron chi connectivity index (χ3n) is 5.66. The van der Waals surface area contributed by atoms with E-state index in [1.54, 1.807) is 0 Å². The minimum absolute atomic E-state index is 0.0824. The van der Waals surface area contributed by atoms with Gasteiger partial charge >= 0.3 is 0 Å². The van der Waals surface area contributed by atoms with Gasteiger partial charge in [-0.25, -0.2) is 0 Å². The Kier molecular flexibility index (Phi) is 7.56. The van der Waals surface area contributed by atoms with Crippen LogP contribution in [0.2, 0.25) is 0 Å². The molecule has 0 aliphatic carbocycles. The topological polar surface area (TPSA) is 69.0 Å². The molecule has 0 atom stereocenters. The second-order valence-electron chi connectivity index (χ2n) is 8.78. The van der Waals surface area contributed by atoms with Gasteiger partial charge in [-0.05, 0) is 70.0 Å². The minimum atomic E-state index is -0.0824. The molecule has 0 spiro atoms. The fraction of sp³-hybridized carbons (Fsp3) is 0.250. The van der Waals surface area contributed by atoms with Crippen LogP contribution in [0.3, 0.4) is 0 Å². The van der Waals surface area contributed by atoms with Gasteiger partial charge in [0.15, 0.2) is 11.0 Å². The molecule has 0 unspecified atom stereocenters. The van der Waals surface area contributed by atoms with Crippen molar-refractivity contribution in [3.8, 4) is 11.4 Å². The molecule has 0 saturated heterocycles. The molecule has 4 aromatic rings. The molecule has 0 bridgehead atoms. The fourth-order valence-electron chi connectivity index (χ4n) is 3.91. The summed E-state index contributed by atoms with van der Waals surface area (Å²) in [5.74, 6) is 1.57. The third-order valence-corrected chi connectivity index (χ3v) is 6.58. The van der Waals surface area contributed by atoms with E-state index in [0.717, 1.165) is 33.8 Å². The molecule has 0 saturated carbocycles. The van der Waals surface area contributed by atoms with Crippen LogP contribution in [-0.4, -0.2) is 26.4 Å². The highest BCUT2D eigenvalue weighted by Crippen LogP contribution is 2.26. The second kappa shape index (κ2) is 10.8. The number of aromatic nitrogens is 3. The normalized spacial score (nSPS) is 10.9. The summed E-state index contributed by atoms with van der Waals surface area (Å²) in [6.07, 6.45) is 0. The molecule has 180 valence electrons. The molecule has 7 heteroatoms. The minimum Gasteiger partial charge on any atom is -0.486 e. The number of hydrogen-bond acceptors (Lipinski definition) is 5. The summed E-state index contributed by atoms with van der Waals surface area (Å²) in [7, 11) is 0. The molecule has 0 aliphatic heterocycles. The average molecular weight is 487 g/mol. The summed E-state index contributed by atoms with van der Waals surface area (Å²) in [4.78, 5) is 12.8. The Balaban J connectivity index is 1.52. The van der Waals surface area contributed by atoms with E-state index in [9.17, 15) is 4.79 Å². The third kappa shape index (κ3) is 6.11. The first kappa shape index (κ1) is 24.5.